The minimum atomic E-state index is -2.86. The standard InChI is InChI=1S/C29H25Cl2N2OP/c1-33(2)29-28(32-27(34-29)25-19-18-21(30)20-26(25)31)35(22-12-6-3-7-13-22,23-14-8-4-9-15-23)24-16-10-5-11-17-24/h3-20,35H,1-2H3. The van der Waals surface area contributed by atoms with E-state index >= 15 is 0 Å². The van der Waals surface area contributed by atoms with Crippen LogP contribution in [0.1, 0.15) is 0 Å². The molecule has 0 aliphatic rings. The summed E-state index contributed by atoms with van der Waals surface area (Å²) in [5.41, 5.74) is 1.63. The van der Waals surface area contributed by atoms with E-state index in [9.17, 15) is 0 Å². The monoisotopic (exact) mass is 518 g/mol. The van der Waals surface area contributed by atoms with Gasteiger partial charge < -0.3 is 0 Å². The predicted molar refractivity (Wildman–Crippen MR) is 152 cm³/mol. The predicted octanol–water partition coefficient (Wildman–Crippen LogP) is 6.07. The van der Waals surface area contributed by atoms with Gasteiger partial charge in [-0.05, 0) is 0 Å². The van der Waals surface area contributed by atoms with E-state index in [4.69, 9.17) is 32.6 Å². The van der Waals surface area contributed by atoms with Crippen molar-refractivity contribution in [2.45, 2.75) is 0 Å². The van der Waals surface area contributed by atoms with Crippen LogP contribution in [0.5, 0.6) is 0 Å². The average molecular weight is 519 g/mol. The Morgan fingerprint density at radius 2 is 1.17 bits per heavy atom. The summed E-state index contributed by atoms with van der Waals surface area (Å²) in [5, 5.41) is 4.75. The zero-order valence-corrected chi connectivity index (χ0v) is 22.0. The maximum atomic E-state index is 6.58. The molecule has 0 N–H and O–H groups in total. The number of anilines is 1. The molecule has 5 rings (SSSR count). The molecule has 0 unspecified atom stereocenters. The van der Waals surface area contributed by atoms with Gasteiger partial charge in [-0.3, -0.25) is 0 Å². The molecule has 0 aliphatic carbocycles. The van der Waals surface area contributed by atoms with E-state index in [1.165, 1.54) is 15.9 Å². The molecule has 35 heavy (non-hydrogen) atoms. The summed E-state index contributed by atoms with van der Waals surface area (Å²) in [6.07, 6.45) is 0. The Labute approximate surface area is 216 Å². The SMILES string of the molecule is CN(C)c1oc(-c2ccc(Cl)cc2Cl)nc1[PH](c1ccccc1)(c1ccccc1)c1ccccc1. The van der Waals surface area contributed by atoms with E-state index in [-0.39, 0.29) is 0 Å². The number of benzene rings is 4. The average Bonchev–Trinajstić information content (AvgIpc) is 3.32. The van der Waals surface area contributed by atoms with Crippen molar-refractivity contribution in [2.24, 2.45) is 0 Å². The van der Waals surface area contributed by atoms with Crippen LogP contribution in [-0.4, -0.2) is 19.1 Å². The minimum absolute atomic E-state index is 0.477. The van der Waals surface area contributed by atoms with Crippen molar-refractivity contribution in [1.29, 1.82) is 0 Å². The molecule has 0 saturated heterocycles. The van der Waals surface area contributed by atoms with Crippen molar-refractivity contribution < 1.29 is 4.42 Å². The molecule has 0 fully saturated rings. The fourth-order valence-corrected chi connectivity index (χ4v) is 9.86. The van der Waals surface area contributed by atoms with Crippen molar-refractivity contribution in [3.05, 3.63) is 119 Å². The summed E-state index contributed by atoms with van der Waals surface area (Å²) in [6, 6.07) is 37.3. The van der Waals surface area contributed by atoms with Crippen LogP contribution in [0.4, 0.5) is 5.88 Å². The summed E-state index contributed by atoms with van der Waals surface area (Å²) in [5.74, 6) is 1.19. The van der Waals surface area contributed by atoms with Crippen molar-refractivity contribution in [1.82, 2.24) is 4.98 Å². The van der Waals surface area contributed by atoms with Gasteiger partial charge in [0.25, 0.3) is 0 Å². The van der Waals surface area contributed by atoms with E-state index < -0.39 is 7.26 Å². The molecule has 0 atom stereocenters. The molecule has 176 valence electrons. The summed E-state index contributed by atoms with van der Waals surface area (Å²) in [6.45, 7) is 0. The maximum absolute atomic E-state index is 6.58. The van der Waals surface area contributed by atoms with Gasteiger partial charge in [-0.1, -0.05) is 0 Å². The van der Waals surface area contributed by atoms with Gasteiger partial charge in [-0.2, -0.15) is 0 Å². The Morgan fingerprint density at radius 3 is 1.60 bits per heavy atom. The van der Waals surface area contributed by atoms with Gasteiger partial charge in [0, 0.05) is 0 Å². The first-order valence-corrected chi connectivity index (χ1v) is 14.1. The first kappa shape index (κ1) is 23.6. The van der Waals surface area contributed by atoms with E-state index in [1.54, 1.807) is 12.1 Å². The van der Waals surface area contributed by atoms with Crippen molar-refractivity contribution in [3.63, 3.8) is 0 Å². The van der Waals surface area contributed by atoms with E-state index in [0.29, 0.717) is 27.4 Å². The summed E-state index contributed by atoms with van der Waals surface area (Å²) in [7, 11) is 1.10. The second kappa shape index (κ2) is 9.87. The van der Waals surface area contributed by atoms with Crippen LogP contribution >= 0.6 is 30.5 Å². The molecule has 1 aromatic heterocycles. The van der Waals surface area contributed by atoms with Crippen LogP contribution in [0, 0.1) is 0 Å². The Kier molecular flexibility index (Phi) is 6.67. The van der Waals surface area contributed by atoms with Gasteiger partial charge in [-0.25, -0.2) is 0 Å². The topological polar surface area (TPSA) is 29.3 Å². The molecule has 0 radical (unpaired) electrons. The van der Waals surface area contributed by atoms with Gasteiger partial charge >= 0.3 is 217 Å². The molecular formula is C29H25Cl2N2OP. The number of oxazole rings is 1. The molecule has 3 nitrogen and oxygen atoms in total. The molecule has 0 aliphatic heterocycles. The first-order valence-electron chi connectivity index (χ1n) is 11.3. The second-order valence-corrected chi connectivity index (χ2v) is 13.1. The third kappa shape index (κ3) is 4.25. The zero-order chi connectivity index (χ0) is 24.4. The molecule has 0 saturated carbocycles. The van der Waals surface area contributed by atoms with Crippen LogP contribution < -0.4 is 26.2 Å². The summed E-state index contributed by atoms with van der Waals surface area (Å²) in [4.78, 5) is 7.21. The van der Waals surface area contributed by atoms with Crippen LogP contribution in [0.25, 0.3) is 11.5 Å². The van der Waals surface area contributed by atoms with Gasteiger partial charge in [-0.15, -0.1) is 0 Å². The van der Waals surface area contributed by atoms with Crippen molar-refractivity contribution >= 4 is 57.7 Å². The third-order valence-corrected chi connectivity index (χ3v) is 11.3. The number of hydrogen-bond donors (Lipinski definition) is 0. The van der Waals surface area contributed by atoms with Crippen molar-refractivity contribution in [2.75, 3.05) is 19.0 Å². The van der Waals surface area contributed by atoms with Gasteiger partial charge in [0.15, 0.2) is 0 Å². The summed E-state index contributed by atoms with van der Waals surface area (Å²) < 4.78 is 6.48. The Morgan fingerprint density at radius 1 is 0.686 bits per heavy atom. The number of aromatic nitrogens is 1. The Balaban J connectivity index is 1.90. The molecule has 5 aromatic rings. The molecule has 0 amide bonds. The fourth-order valence-electron chi connectivity index (χ4n) is 4.61. The van der Waals surface area contributed by atoms with Gasteiger partial charge in [0.05, 0.1) is 0 Å². The fraction of sp³-hybridized carbons (Fsp3) is 0.0690. The number of halogens is 2. The van der Waals surface area contributed by atoms with E-state index in [1.807, 2.05) is 43.3 Å². The summed E-state index contributed by atoms with van der Waals surface area (Å²) >= 11 is 12.8. The molecular weight excluding hydrogens is 494 g/mol. The Bertz CT molecular complexity index is 1340. The number of nitrogens with zero attached hydrogens (tertiary/aromatic N) is 2. The third-order valence-electron chi connectivity index (χ3n) is 6.15. The molecule has 0 bridgehead atoms. The molecule has 4 aromatic carbocycles. The van der Waals surface area contributed by atoms with E-state index in [0.717, 1.165) is 5.44 Å². The van der Waals surface area contributed by atoms with E-state index in [2.05, 4.69) is 72.8 Å². The van der Waals surface area contributed by atoms with Gasteiger partial charge in [0.2, 0.25) is 0 Å². The van der Waals surface area contributed by atoms with Crippen LogP contribution in [0.15, 0.2) is 114 Å². The quantitative estimate of drug-likeness (QED) is 0.255. The molecule has 0 spiro atoms. The Hall–Kier alpha value is -3.10. The van der Waals surface area contributed by atoms with Crippen LogP contribution in [0.3, 0.4) is 0 Å². The number of hydrogen-bond acceptors (Lipinski definition) is 3. The van der Waals surface area contributed by atoms with Gasteiger partial charge in [0.1, 0.15) is 0 Å². The molecule has 1 heterocycles. The second-order valence-electron chi connectivity index (χ2n) is 8.54. The van der Waals surface area contributed by atoms with Crippen LogP contribution in [0.2, 0.25) is 10.0 Å². The van der Waals surface area contributed by atoms with Crippen LogP contribution in [-0.2, 0) is 0 Å². The first-order chi connectivity index (χ1) is 17.0. The molecule has 6 heteroatoms. The van der Waals surface area contributed by atoms with Crippen molar-refractivity contribution in [3.8, 4) is 11.5 Å². The zero-order valence-electron chi connectivity index (χ0n) is 19.5. The normalized spacial score (nSPS) is 11.9. The number of rotatable bonds is 6.